The van der Waals surface area contributed by atoms with Crippen molar-refractivity contribution in [3.05, 3.63) is 65.0 Å². The minimum Gasteiger partial charge on any atom is -0.367 e. The van der Waals surface area contributed by atoms with Crippen LogP contribution in [0.2, 0.25) is 0 Å². The molecule has 0 aliphatic rings. The monoisotopic (exact) mass is 382 g/mol. The van der Waals surface area contributed by atoms with E-state index in [1.54, 1.807) is 34.3 Å². The Morgan fingerprint density at radius 2 is 2.00 bits per heavy atom. The Balaban J connectivity index is 1.62. The maximum absolute atomic E-state index is 13.2. The van der Waals surface area contributed by atoms with Crippen molar-refractivity contribution < 1.29 is 4.39 Å². The van der Waals surface area contributed by atoms with Gasteiger partial charge in [-0.25, -0.2) is 19.0 Å². The van der Waals surface area contributed by atoms with Gasteiger partial charge in [0.1, 0.15) is 18.0 Å². The van der Waals surface area contributed by atoms with Gasteiger partial charge >= 0.3 is 0 Å². The molecule has 0 saturated carbocycles. The number of anilines is 1. The lowest BCUT2D eigenvalue weighted by Gasteiger charge is -2.23. The van der Waals surface area contributed by atoms with Gasteiger partial charge in [0.15, 0.2) is 5.65 Å². The molecule has 1 atom stereocenters. The van der Waals surface area contributed by atoms with Crippen molar-refractivity contribution in [3.63, 3.8) is 0 Å². The average molecular weight is 382 g/mol. The molecule has 0 fully saturated rings. The predicted octanol–water partition coefficient (Wildman–Crippen LogP) is 3.73. The van der Waals surface area contributed by atoms with Crippen LogP contribution in [-0.4, -0.2) is 45.3 Å². The summed E-state index contributed by atoms with van der Waals surface area (Å²) in [5, 5.41) is 10.8. The normalized spacial score (nSPS) is 12.6. The number of rotatable bonds is 6. The van der Waals surface area contributed by atoms with Crippen LogP contribution >= 0.6 is 11.3 Å². The average Bonchev–Trinajstić information content (AvgIpc) is 3.33. The Morgan fingerprint density at radius 3 is 2.70 bits per heavy atom. The van der Waals surface area contributed by atoms with E-state index >= 15 is 0 Å². The first-order valence-electron chi connectivity index (χ1n) is 8.52. The smallest absolute Gasteiger partial charge is 0.168 e. The van der Waals surface area contributed by atoms with Gasteiger partial charge < -0.3 is 10.2 Å². The van der Waals surface area contributed by atoms with Crippen LogP contribution in [0, 0.1) is 5.82 Å². The number of aromatic nitrogens is 4. The summed E-state index contributed by atoms with van der Waals surface area (Å²) >= 11 is 1.74. The molecule has 0 aliphatic carbocycles. The van der Waals surface area contributed by atoms with Crippen LogP contribution in [0.1, 0.15) is 10.9 Å². The first-order chi connectivity index (χ1) is 13.1. The maximum Gasteiger partial charge on any atom is 0.168 e. The summed E-state index contributed by atoms with van der Waals surface area (Å²) in [6.07, 6.45) is 3.25. The standard InChI is InChI=1S/C19H19FN6S/c1-25(2)16(17-4-3-9-27-17)11-21-18-15-10-24-26(19(15)23-12-22-18)14-7-5-13(20)6-8-14/h3-10,12,16H,11H2,1-2H3,(H,21,22,23)/t16-/m0/s1. The molecule has 4 aromatic rings. The minimum atomic E-state index is -0.282. The highest BCUT2D eigenvalue weighted by atomic mass is 32.1. The summed E-state index contributed by atoms with van der Waals surface area (Å²) in [6.45, 7) is 0.710. The van der Waals surface area contributed by atoms with E-state index in [1.165, 1.54) is 23.3 Å². The highest BCUT2D eigenvalue weighted by Crippen LogP contribution is 2.26. The lowest BCUT2D eigenvalue weighted by molar-refractivity contribution is 0.316. The number of hydrogen-bond acceptors (Lipinski definition) is 6. The second kappa shape index (κ2) is 7.42. The van der Waals surface area contributed by atoms with Gasteiger partial charge in [0.05, 0.1) is 23.3 Å². The molecule has 0 bridgehead atoms. The minimum absolute atomic E-state index is 0.238. The Kier molecular flexibility index (Phi) is 4.83. The summed E-state index contributed by atoms with van der Waals surface area (Å²) in [7, 11) is 4.13. The van der Waals surface area contributed by atoms with Crippen molar-refractivity contribution in [3.8, 4) is 5.69 Å². The van der Waals surface area contributed by atoms with Crippen LogP contribution in [0.5, 0.6) is 0 Å². The fourth-order valence-electron chi connectivity index (χ4n) is 2.97. The number of fused-ring (bicyclic) bond motifs is 1. The molecule has 6 nitrogen and oxygen atoms in total. The van der Waals surface area contributed by atoms with Crippen LogP contribution in [-0.2, 0) is 0 Å². The number of halogens is 1. The quantitative estimate of drug-likeness (QED) is 0.551. The van der Waals surface area contributed by atoms with E-state index in [0.717, 1.165) is 16.9 Å². The van der Waals surface area contributed by atoms with Crippen LogP contribution in [0.3, 0.4) is 0 Å². The molecule has 3 aromatic heterocycles. The Labute approximate surface area is 160 Å². The number of thiophene rings is 1. The Morgan fingerprint density at radius 1 is 1.19 bits per heavy atom. The zero-order valence-corrected chi connectivity index (χ0v) is 15.8. The summed E-state index contributed by atoms with van der Waals surface area (Å²) in [4.78, 5) is 12.2. The molecule has 0 spiro atoms. The van der Waals surface area contributed by atoms with Crippen molar-refractivity contribution in [1.82, 2.24) is 24.6 Å². The van der Waals surface area contributed by atoms with Crippen LogP contribution in [0.15, 0.2) is 54.3 Å². The van der Waals surface area contributed by atoms with Gasteiger partial charge in [-0.15, -0.1) is 11.3 Å². The molecular weight excluding hydrogens is 363 g/mol. The van der Waals surface area contributed by atoms with Crippen LogP contribution < -0.4 is 5.32 Å². The molecule has 0 aliphatic heterocycles. The van der Waals surface area contributed by atoms with Gasteiger partial charge in [0, 0.05) is 11.4 Å². The van der Waals surface area contributed by atoms with E-state index in [4.69, 9.17) is 0 Å². The number of benzene rings is 1. The van der Waals surface area contributed by atoms with E-state index in [0.29, 0.717) is 12.2 Å². The Bertz CT molecular complexity index is 1030. The molecule has 138 valence electrons. The number of hydrogen-bond donors (Lipinski definition) is 1. The van der Waals surface area contributed by atoms with Crippen molar-refractivity contribution in [2.75, 3.05) is 26.0 Å². The van der Waals surface area contributed by atoms with E-state index in [9.17, 15) is 4.39 Å². The third-order valence-electron chi connectivity index (χ3n) is 4.39. The van der Waals surface area contributed by atoms with Gasteiger partial charge in [0.25, 0.3) is 0 Å². The van der Waals surface area contributed by atoms with E-state index in [1.807, 2.05) is 0 Å². The van der Waals surface area contributed by atoms with Gasteiger partial charge in [-0.3, -0.25) is 0 Å². The molecular formula is C19H19FN6S. The fraction of sp³-hybridized carbons (Fsp3) is 0.211. The zero-order valence-electron chi connectivity index (χ0n) is 15.0. The molecule has 0 saturated heterocycles. The largest absolute Gasteiger partial charge is 0.367 e. The number of nitrogens with zero attached hydrogens (tertiary/aromatic N) is 5. The summed E-state index contributed by atoms with van der Waals surface area (Å²) in [5.74, 6) is 0.451. The number of nitrogens with one attached hydrogen (secondary N) is 1. The second-order valence-corrected chi connectivity index (χ2v) is 7.35. The van der Waals surface area contributed by atoms with Crippen LogP contribution in [0.4, 0.5) is 10.2 Å². The highest BCUT2D eigenvalue weighted by Gasteiger charge is 2.17. The predicted molar refractivity (Wildman–Crippen MR) is 106 cm³/mol. The van der Waals surface area contributed by atoms with Crippen LogP contribution in [0.25, 0.3) is 16.7 Å². The molecule has 3 heterocycles. The second-order valence-electron chi connectivity index (χ2n) is 6.37. The van der Waals surface area contributed by atoms with Gasteiger partial charge in [0.2, 0.25) is 0 Å². The first-order valence-corrected chi connectivity index (χ1v) is 9.40. The molecule has 8 heteroatoms. The lowest BCUT2D eigenvalue weighted by atomic mass is 10.2. The lowest BCUT2D eigenvalue weighted by Crippen LogP contribution is -2.26. The Hall–Kier alpha value is -2.84. The summed E-state index contributed by atoms with van der Waals surface area (Å²) in [5.41, 5.74) is 1.43. The SMILES string of the molecule is CN(C)[C@@H](CNc1ncnc2c1cnn2-c1ccc(F)cc1)c1cccs1. The molecule has 0 radical (unpaired) electrons. The van der Waals surface area contributed by atoms with Crippen molar-refractivity contribution in [2.24, 2.45) is 0 Å². The van der Waals surface area contributed by atoms with Crippen molar-refractivity contribution in [2.45, 2.75) is 6.04 Å². The van der Waals surface area contributed by atoms with Crippen molar-refractivity contribution in [1.29, 1.82) is 0 Å². The van der Waals surface area contributed by atoms with Gasteiger partial charge in [-0.2, -0.15) is 5.10 Å². The van der Waals surface area contributed by atoms with Gasteiger partial charge in [-0.1, -0.05) is 6.07 Å². The third kappa shape index (κ3) is 3.54. The summed E-state index contributed by atoms with van der Waals surface area (Å²) < 4.78 is 14.9. The third-order valence-corrected chi connectivity index (χ3v) is 5.37. The van der Waals surface area contributed by atoms with E-state index < -0.39 is 0 Å². The molecule has 0 unspecified atom stereocenters. The molecule has 27 heavy (non-hydrogen) atoms. The number of likely N-dealkylation sites (N-methyl/N-ethyl adjacent to an activating group) is 1. The molecule has 1 N–H and O–H groups in total. The first kappa shape index (κ1) is 17.6. The fourth-order valence-corrected chi connectivity index (χ4v) is 3.89. The molecule has 4 rings (SSSR count). The summed E-state index contributed by atoms with van der Waals surface area (Å²) in [6, 6.07) is 10.6. The molecule has 1 aromatic carbocycles. The zero-order chi connectivity index (χ0) is 18.8. The van der Waals surface area contributed by atoms with E-state index in [2.05, 4.69) is 56.9 Å². The highest BCUT2D eigenvalue weighted by molar-refractivity contribution is 7.10. The van der Waals surface area contributed by atoms with E-state index in [-0.39, 0.29) is 11.9 Å². The van der Waals surface area contributed by atoms with Gasteiger partial charge in [-0.05, 0) is 49.8 Å². The molecule has 0 amide bonds. The maximum atomic E-state index is 13.2. The topological polar surface area (TPSA) is 58.9 Å². The van der Waals surface area contributed by atoms with Crippen molar-refractivity contribution >= 4 is 28.2 Å².